The number of rotatable bonds is 7. The number of amidine groups is 1. The molecule has 2 aliphatic heterocycles. The molecule has 12 heteroatoms. The van der Waals surface area contributed by atoms with Crippen molar-refractivity contribution in [1.82, 2.24) is 9.97 Å². The Morgan fingerprint density at radius 2 is 2.12 bits per heavy atom. The monoisotopic (exact) mass is 468 g/mol. The third-order valence-corrected chi connectivity index (χ3v) is 5.68. The first-order chi connectivity index (χ1) is 15.8. The van der Waals surface area contributed by atoms with E-state index in [0.29, 0.717) is 18.6 Å². The number of carbonyl (C=O) groups is 1. The Morgan fingerprint density at radius 1 is 1.30 bits per heavy atom. The van der Waals surface area contributed by atoms with Gasteiger partial charge in [0.1, 0.15) is 29.8 Å². The van der Waals surface area contributed by atoms with Crippen LogP contribution in [0.4, 0.5) is 17.6 Å². The van der Waals surface area contributed by atoms with Crippen LogP contribution >= 0.6 is 0 Å². The highest BCUT2D eigenvalue weighted by atomic mass is 19.3. The average molecular weight is 468 g/mol. The predicted molar refractivity (Wildman–Crippen MR) is 106 cm³/mol. The van der Waals surface area contributed by atoms with Crippen LogP contribution in [0.15, 0.2) is 35.6 Å². The van der Waals surface area contributed by atoms with Crippen LogP contribution in [0.3, 0.4) is 0 Å². The second-order valence-electron chi connectivity index (χ2n) is 7.67. The Bertz CT molecular complexity index is 1050. The topological polar surface area (TPSA) is 109 Å². The summed E-state index contributed by atoms with van der Waals surface area (Å²) >= 11 is 0. The highest BCUT2D eigenvalue weighted by molar-refractivity contribution is 5.95. The lowest BCUT2D eigenvalue weighted by atomic mass is 9.74. The van der Waals surface area contributed by atoms with E-state index in [1.165, 1.54) is 12.1 Å². The molecule has 2 aliphatic rings. The van der Waals surface area contributed by atoms with Gasteiger partial charge in [0.25, 0.3) is 6.02 Å². The van der Waals surface area contributed by atoms with E-state index in [9.17, 15) is 22.4 Å². The Hall–Kier alpha value is -3.28. The fourth-order valence-electron chi connectivity index (χ4n) is 4.13. The summed E-state index contributed by atoms with van der Waals surface area (Å²) in [6.07, 6.45) is 1.64. The summed E-state index contributed by atoms with van der Waals surface area (Å²) in [6, 6.07) is 3.63. The second-order valence-corrected chi connectivity index (χ2v) is 7.67. The van der Waals surface area contributed by atoms with Crippen molar-refractivity contribution in [3.05, 3.63) is 53.2 Å². The Kier molecular flexibility index (Phi) is 6.45. The van der Waals surface area contributed by atoms with Gasteiger partial charge in [0, 0.05) is 18.4 Å². The lowest BCUT2D eigenvalue weighted by Gasteiger charge is -2.45. The first-order valence-electron chi connectivity index (χ1n) is 10.1. The molecule has 3 atom stereocenters. The van der Waals surface area contributed by atoms with Gasteiger partial charge in [-0.05, 0) is 17.7 Å². The van der Waals surface area contributed by atoms with E-state index in [-0.39, 0.29) is 30.3 Å². The van der Waals surface area contributed by atoms with E-state index in [2.05, 4.69) is 19.7 Å². The molecule has 2 N–H and O–H groups in total. The largest absolute Gasteiger partial charge is 0.462 e. The van der Waals surface area contributed by atoms with Gasteiger partial charge in [-0.15, -0.1) is 0 Å². The van der Waals surface area contributed by atoms with Crippen LogP contribution in [-0.2, 0) is 21.4 Å². The minimum absolute atomic E-state index is 0.0613. The molecule has 3 heterocycles. The molecule has 1 aromatic heterocycles. The van der Waals surface area contributed by atoms with Crippen LogP contribution in [0.5, 0.6) is 5.88 Å². The molecular weight excluding hydrogens is 448 g/mol. The van der Waals surface area contributed by atoms with Gasteiger partial charge in [0.15, 0.2) is 5.78 Å². The minimum atomic E-state index is -3.07. The van der Waals surface area contributed by atoms with Crippen molar-refractivity contribution in [2.75, 3.05) is 19.9 Å². The number of aliphatic imine (C=N–C) groups is 1. The van der Waals surface area contributed by atoms with Gasteiger partial charge in [0.2, 0.25) is 5.88 Å². The quantitative estimate of drug-likeness (QED) is 0.491. The number of Topliss-reactive ketones (excluding diaryl/α,β-unsaturated/α-hetero) is 1. The van der Waals surface area contributed by atoms with Gasteiger partial charge < -0.3 is 19.9 Å². The fourth-order valence-corrected chi connectivity index (χ4v) is 4.13. The molecule has 0 bridgehead atoms. The van der Waals surface area contributed by atoms with Gasteiger partial charge >= 0.3 is 6.61 Å². The van der Waals surface area contributed by atoms with Crippen LogP contribution in [0.2, 0.25) is 0 Å². The highest BCUT2D eigenvalue weighted by Crippen LogP contribution is 2.44. The van der Waals surface area contributed by atoms with Gasteiger partial charge in [-0.3, -0.25) is 4.79 Å². The summed E-state index contributed by atoms with van der Waals surface area (Å²) in [4.78, 5) is 24.1. The maximum Gasteiger partial charge on any atom is 0.388 e. The molecule has 33 heavy (non-hydrogen) atoms. The molecule has 4 rings (SSSR count). The van der Waals surface area contributed by atoms with Crippen molar-refractivity contribution in [2.24, 2.45) is 16.6 Å². The molecule has 0 radical (unpaired) electrons. The number of aromatic nitrogens is 2. The molecular formula is C21H20F4N4O4. The molecule has 176 valence electrons. The summed E-state index contributed by atoms with van der Waals surface area (Å²) in [5, 5.41) is 0. The van der Waals surface area contributed by atoms with Crippen molar-refractivity contribution in [3.63, 3.8) is 0 Å². The lowest BCUT2D eigenvalue weighted by Crippen LogP contribution is -2.54. The van der Waals surface area contributed by atoms with Crippen molar-refractivity contribution < 1.29 is 36.6 Å². The molecule has 1 fully saturated rings. The van der Waals surface area contributed by atoms with Gasteiger partial charge in [-0.2, -0.15) is 8.78 Å². The summed E-state index contributed by atoms with van der Waals surface area (Å²) in [5.74, 6) is -2.27. The molecule has 8 nitrogen and oxygen atoms in total. The standard InChI is InChI=1S/C21H20F4N4O4/c22-10-21(13-9-31-4-3-17(13)32-20(26)29-21)12-5-11(1-2-14(12)23)6-16(30)15-7-28-18(8-27-15)33-19(24)25/h1-2,5,7-8,13,17,19H,3-4,6,9-10H2,(H2,26,29). The Labute approximate surface area is 185 Å². The van der Waals surface area contributed by atoms with Crippen molar-refractivity contribution in [3.8, 4) is 5.88 Å². The van der Waals surface area contributed by atoms with E-state index < -0.39 is 48.3 Å². The molecule has 1 saturated heterocycles. The van der Waals surface area contributed by atoms with Crippen molar-refractivity contribution in [2.45, 2.75) is 31.1 Å². The third-order valence-electron chi connectivity index (χ3n) is 5.68. The number of fused-ring (bicyclic) bond motifs is 1. The smallest absolute Gasteiger partial charge is 0.388 e. The molecule has 3 unspecified atom stereocenters. The molecule has 2 aromatic rings. The van der Waals surface area contributed by atoms with Crippen molar-refractivity contribution in [1.29, 1.82) is 0 Å². The zero-order valence-corrected chi connectivity index (χ0v) is 17.2. The number of carbonyl (C=O) groups excluding carboxylic acids is 1. The maximum atomic E-state index is 14.9. The number of hydrogen-bond acceptors (Lipinski definition) is 8. The molecule has 1 aromatic carbocycles. The summed E-state index contributed by atoms with van der Waals surface area (Å²) < 4.78 is 69.0. The molecule has 0 spiro atoms. The van der Waals surface area contributed by atoms with Gasteiger partial charge in [0.05, 0.1) is 31.5 Å². The van der Waals surface area contributed by atoms with Gasteiger partial charge in [-0.1, -0.05) is 6.07 Å². The van der Waals surface area contributed by atoms with Crippen LogP contribution in [-0.4, -0.2) is 54.4 Å². The van der Waals surface area contributed by atoms with Crippen LogP contribution in [0.1, 0.15) is 28.0 Å². The maximum absolute atomic E-state index is 14.9. The zero-order chi connectivity index (χ0) is 23.6. The van der Waals surface area contributed by atoms with E-state index >= 15 is 0 Å². The normalized spacial score (nSPS) is 24.6. The molecule has 0 amide bonds. The van der Waals surface area contributed by atoms with Crippen LogP contribution < -0.4 is 10.5 Å². The minimum Gasteiger partial charge on any atom is -0.462 e. The first-order valence-corrected chi connectivity index (χ1v) is 10.1. The van der Waals surface area contributed by atoms with E-state index in [1.807, 2.05) is 0 Å². The number of ether oxygens (including phenoxy) is 3. The number of nitrogens with zero attached hydrogens (tertiary/aromatic N) is 3. The summed E-state index contributed by atoms with van der Waals surface area (Å²) in [5.41, 5.74) is 4.33. The SMILES string of the molecule is NC1=NC(CF)(c2cc(CC(=O)c3cnc(OC(F)F)cn3)ccc2F)C2COCCC2O1. The highest BCUT2D eigenvalue weighted by Gasteiger charge is 2.51. The van der Waals surface area contributed by atoms with Crippen LogP contribution in [0.25, 0.3) is 0 Å². The Morgan fingerprint density at radius 3 is 2.82 bits per heavy atom. The fraction of sp³-hybridized carbons (Fsp3) is 0.429. The first kappa shape index (κ1) is 22.9. The summed E-state index contributed by atoms with van der Waals surface area (Å²) in [6.45, 7) is -3.61. The van der Waals surface area contributed by atoms with Crippen molar-refractivity contribution >= 4 is 11.8 Å². The predicted octanol–water partition coefficient (Wildman–Crippen LogP) is 2.56. The number of hydrogen-bond donors (Lipinski definition) is 1. The van der Waals surface area contributed by atoms with Crippen LogP contribution in [0, 0.1) is 11.7 Å². The number of alkyl halides is 3. The number of nitrogens with two attached hydrogens (primary N) is 1. The zero-order valence-electron chi connectivity index (χ0n) is 17.2. The van der Waals surface area contributed by atoms with Gasteiger partial charge in [-0.25, -0.2) is 23.7 Å². The number of ketones is 1. The molecule has 0 aliphatic carbocycles. The lowest BCUT2D eigenvalue weighted by molar-refractivity contribution is -0.0785. The third kappa shape index (κ3) is 4.61. The van der Waals surface area contributed by atoms with E-state index in [1.54, 1.807) is 0 Å². The second kappa shape index (κ2) is 9.30. The Balaban J connectivity index is 1.62. The van der Waals surface area contributed by atoms with E-state index in [4.69, 9.17) is 15.2 Å². The van der Waals surface area contributed by atoms with E-state index in [0.717, 1.165) is 18.5 Å². The molecule has 0 saturated carbocycles. The number of halogens is 4. The average Bonchev–Trinajstić information content (AvgIpc) is 2.79. The summed E-state index contributed by atoms with van der Waals surface area (Å²) in [7, 11) is 0. The number of benzene rings is 1.